The Bertz CT molecular complexity index is 833. The summed E-state index contributed by atoms with van der Waals surface area (Å²) in [6, 6.07) is 12.7. The van der Waals surface area contributed by atoms with Gasteiger partial charge in [0.2, 0.25) is 12.3 Å². The van der Waals surface area contributed by atoms with Crippen LogP contribution in [0.15, 0.2) is 57.7 Å². The molecule has 2 aromatic carbocycles. The zero-order chi connectivity index (χ0) is 16.9. The maximum absolute atomic E-state index is 12.0. The second kappa shape index (κ2) is 7.27. The van der Waals surface area contributed by atoms with Crippen LogP contribution >= 0.6 is 15.9 Å². The molecule has 3 rings (SSSR count). The Hall–Kier alpha value is -2.67. The largest absolute Gasteiger partial charge is 0.484 e. The number of nitrogens with one attached hydrogen (secondary N) is 1. The number of ether oxygens (including phenoxy) is 1. The summed E-state index contributed by atoms with van der Waals surface area (Å²) in [5.74, 6) is 0.798. The highest BCUT2D eigenvalue weighted by Crippen LogP contribution is 2.21. The van der Waals surface area contributed by atoms with Crippen molar-refractivity contribution in [1.82, 2.24) is 10.2 Å². The minimum atomic E-state index is -0.221. The minimum Gasteiger partial charge on any atom is -0.484 e. The minimum absolute atomic E-state index is 0.0740. The van der Waals surface area contributed by atoms with Gasteiger partial charge in [-0.1, -0.05) is 15.9 Å². The Morgan fingerprint density at radius 3 is 2.71 bits per heavy atom. The highest BCUT2D eigenvalue weighted by Gasteiger charge is 2.07. The number of carbonyl (C=O) groups is 1. The van der Waals surface area contributed by atoms with Gasteiger partial charge in [0.25, 0.3) is 5.91 Å². The quantitative estimate of drug-likeness (QED) is 0.719. The van der Waals surface area contributed by atoms with E-state index in [9.17, 15) is 4.79 Å². The number of anilines is 1. The number of aryl methyl sites for hydroxylation is 1. The number of hydrogen-bond donors (Lipinski definition) is 1. The monoisotopic (exact) mass is 387 g/mol. The van der Waals surface area contributed by atoms with E-state index in [1.165, 1.54) is 6.39 Å². The normalized spacial score (nSPS) is 10.4. The maximum Gasteiger partial charge on any atom is 0.262 e. The molecule has 3 aromatic rings. The van der Waals surface area contributed by atoms with Gasteiger partial charge >= 0.3 is 0 Å². The van der Waals surface area contributed by atoms with E-state index in [0.29, 0.717) is 11.6 Å². The topological polar surface area (TPSA) is 77.2 Å². The Kier molecular flexibility index (Phi) is 4.90. The third-order valence-electron chi connectivity index (χ3n) is 3.29. The summed E-state index contributed by atoms with van der Waals surface area (Å²) < 4.78 is 11.6. The molecule has 0 radical (unpaired) electrons. The highest BCUT2D eigenvalue weighted by atomic mass is 79.9. The van der Waals surface area contributed by atoms with Crippen LogP contribution in [0.1, 0.15) is 5.56 Å². The summed E-state index contributed by atoms with van der Waals surface area (Å²) in [6.07, 6.45) is 1.27. The Morgan fingerprint density at radius 1 is 1.25 bits per heavy atom. The predicted octanol–water partition coefficient (Wildman–Crippen LogP) is 3.83. The van der Waals surface area contributed by atoms with Crippen molar-refractivity contribution >= 4 is 27.5 Å². The van der Waals surface area contributed by atoms with Crippen LogP contribution in [0, 0.1) is 6.92 Å². The number of aromatic nitrogens is 2. The summed E-state index contributed by atoms with van der Waals surface area (Å²) in [6.45, 7) is 1.85. The average molecular weight is 388 g/mol. The van der Waals surface area contributed by atoms with Gasteiger partial charge in [-0.25, -0.2) is 0 Å². The lowest BCUT2D eigenvalue weighted by Crippen LogP contribution is -2.20. The van der Waals surface area contributed by atoms with Crippen LogP contribution in [0.4, 0.5) is 5.69 Å². The van der Waals surface area contributed by atoms with Crippen LogP contribution in [-0.4, -0.2) is 22.7 Å². The van der Waals surface area contributed by atoms with Gasteiger partial charge in [0.05, 0.1) is 0 Å². The molecule has 0 saturated heterocycles. The van der Waals surface area contributed by atoms with Crippen molar-refractivity contribution in [2.45, 2.75) is 6.92 Å². The van der Waals surface area contributed by atoms with Crippen molar-refractivity contribution < 1.29 is 13.9 Å². The number of nitrogens with zero attached hydrogens (tertiary/aromatic N) is 2. The Balaban J connectivity index is 1.56. The van der Waals surface area contributed by atoms with Crippen LogP contribution in [0.25, 0.3) is 11.5 Å². The molecule has 1 amide bonds. The Labute approximate surface area is 147 Å². The Morgan fingerprint density at radius 2 is 2.04 bits per heavy atom. The maximum atomic E-state index is 12.0. The van der Waals surface area contributed by atoms with Gasteiger partial charge in [-0.3, -0.25) is 4.79 Å². The molecule has 0 saturated carbocycles. The number of carbonyl (C=O) groups excluding carboxylic acids is 1. The van der Waals surface area contributed by atoms with Crippen molar-refractivity contribution in [2.75, 3.05) is 11.9 Å². The van der Waals surface area contributed by atoms with Crippen LogP contribution in [0.2, 0.25) is 0 Å². The molecule has 1 heterocycles. The molecular formula is C17H14BrN3O3. The fourth-order valence-corrected chi connectivity index (χ4v) is 2.57. The first kappa shape index (κ1) is 16.2. The van der Waals surface area contributed by atoms with Crippen LogP contribution in [0.3, 0.4) is 0 Å². The van der Waals surface area contributed by atoms with Gasteiger partial charge < -0.3 is 14.5 Å². The summed E-state index contributed by atoms with van der Waals surface area (Å²) in [4.78, 5) is 12.0. The zero-order valence-corrected chi connectivity index (χ0v) is 14.4. The standard InChI is InChI=1S/C17H14BrN3O3/c1-11-8-13(18)4-7-15(11)20-16(22)9-23-14-5-2-12(3-6-14)17-21-19-10-24-17/h2-8,10H,9H2,1H3,(H,20,22). The molecule has 1 N–H and O–H groups in total. The van der Waals surface area contributed by atoms with E-state index in [1.54, 1.807) is 24.3 Å². The van der Waals surface area contributed by atoms with Crippen LogP contribution in [0.5, 0.6) is 5.75 Å². The lowest BCUT2D eigenvalue weighted by atomic mass is 10.2. The van der Waals surface area contributed by atoms with Crippen LogP contribution < -0.4 is 10.1 Å². The smallest absolute Gasteiger partial charge is 0.262 e. The van der Waals surface area contributed by atoms with E-state index < -0.39 is 0 Å². The molecule has 0 spiro atoms. The fraction of sp³-hybridized carbons (Fsp3) is 0.118. The van der Waals surface area contributed by atoms with Crippen molar-refractivity contribution in [3.63, 3.8) is 0 Å². The first-order valence-electron chi connectivity index (χ1n) is 7.17. The summed E-state index contributed by atoms with van der Waals surface area (Å²) in [5.41, 5.74) is 2.52. The summed E-state index contributed by atoms with van der Waals surface area (Å²) >= 11 is 3.39. The molecule has 0 atom stereocenters. The van der Waals surface area contributed by atoms with Gasteiger partial charge in [0, 0.05) is 15.7 Å². The van der Waals surface area contributed by atoms with Crippen molar-refractivity contribution in [3.8, 4) is 17.2 Å². The number of halogens is 1. The van der Waals surface area contributed by atoms with Crippen molar-refractivity contribution in [2.24, 2.45) is 0 Å². The van der Waals surface area contributed by atoms with Gasteiger partial charge in [-0.2, -0.15) is 0 Å². The molecule has 7 heteroatoms. The van der Waals surface area contributed by atoms with E-state index in [1.807, 2.05) is 25.1 Å². The summed E-state index contributed by atoms with van der Waals surface area (Å²) in [7, 11) is 0. The highest BCUT2D eigenvalue weighted by molar-refractivity contribution is 9.10. The molecular weight excluding hydrogens is 374 g/mol. The molecule has 0 fully saturated rings. The van der Waals surface area contributed by atoms with E-state index in [4.69, 9.17) is 9.15 Å². The molecule has 0 bridgehead atoms. The van der Waals surface area contributed by atoms with Crippen molar-refractivity contribution in [1.29, 1.82) is 0 Å². The molecule has 0 aliphatic rings. The van der Waals surface area contributed by atoms with Crippen LogP contribution in [-0.2, 0) is 4.79 Å². The van der Waals surface area contributed by atoms with E-state index in [0.717, 1.165) is 21.3 Å². The predicted molar refractivity (Wildman–Crippen MR) is 92.7 cm³/mol. The number of rotatable bonds is 5. The average Bonchev–Trinajstić information content (AvgIpc) is 3.11. The first-order valence-corrected chi connectivity index (χ1v) is 7.96. The number of hydrogen-bond acceptors (Lipinski definition) is 5. The second-order valence-electron chi connectivity index (χ2n) is 5.06. The molecule has 0 unspecified atom stereocenters. The third kappa shape index (κ3) is 3.99. The van der Waals surface area contributed by atoms with Gasteiger partial charge in [-0.15, -0.1) is 10.2 Å². The molecule has 1 aromatic heterocycles. The van der Waals surface area contributed by atoms with E-state index in [2.05, 4.69) is 31.4 Å². The molecule has 122 valence electrons. The van der Waals surface area contributed by atoms with Gasteiger partial charge in [0.15, 0.2) is 6.61 Å². The molecule has 0 aliphatic heterocycles. The zero-order valence-electron chi connectivity index (χ0n) is 12.8. The molecule has 24 heavy (non-hydrogen) atoms. The molecule has 0 aliphatic carbocycles. The third-order valence-corrected chi connectivity index (χ3v) is 3.79. The van der Waals surface area contributed by atoms with E-state index in [-0.39, 0.29) is 12.5 Å². The van der Waals surface area contributed by atoms with E-state index >= 15 is 0 Å². The fourth-order valence-electron chi connectivity index (χ4n) is 2.10. The molecule has 6 nitrogen and oxygen atoms in total. The second-order valence-corrected chi connectivity index (χ2v) is 5.98. The lowest BCUT2D eigenvalue weighted by molar-refractivity contribution is -0.118. The summed E-state index contributed by atoms with van der Waals surface area (Å²) in [5, 5.41) is 10.3. The van der Waals surface area contributed by atoms with Crippen molar-refractivity contribution in [3.05, 3.63) is 58.9 Å². The SMILES string of the molecule is Cc1cc(Br)ccc1NC(=O)COc1ccc(-c2nnco2)cc1. The van der Waals surface area contributed by atoms with Gasteiger partial charge in [0.1, 0.15) is 5.75 Å². The van der Waals surface area contributed by atoms with Gasteiger partial charge in [-0.05, 0) is 55.0 Å². The lowest BCUT2D eigenvalue weighted by Gasteiger charge is -2.10. The first-order chi connectivity index (χ1) is 11.6. The number of benzene rings is 2. The number of amides is 1.